The Bertz CT molecular complexity index is 3590. The lowest BCUT2D eigenvalue weighted by Crippen LogP contribution is -2.27. The van der Waals surface area contributed by atoms with Gasteiger partial charge in [-0.2, -0.15) is 9.15 Å². The largest absolute Gasteiger partial charge is 0.331 e. The average molecular weight is 1010 g/mol. The second-order valence-electron chi connectivity index (χ2n) is 21.3. The fourth-order valence-corrected chi connectivity index (χ4v) is 12.4. The van der Waals surface area contributed by atoms with Gasteiger partial charge in [0.05, 0.1) is 12.8 Å². The third-order valence-corrected chi connectivity index (χ3v) is 16.6. The number of hydrogen-bond acceptors (Lipinski definition) is 4. The molecule has 6 heterocycles. The fourth-order valence-electron chi connectivity index (χ4n) is 12.4. The summed E-state index contributed by atoms with van der Waals surface area (Å²) in [5.41, 5.74) is 23.4. The van der Waals surface area contributed by atoms with Crippen molar-refractivity contribution in [3.05, 3.63) is 250 Å². The molecule has 0 unspecified atom stereocenters. The first-order valence-electron chi connectivity index (χ1n) is 27.1. The van der Waals surface area contributed by atoms with Crippen LogP contribution in [0.4, 0.5) is 34.1 Å². The minimum Gasteiger partial charge on any atom is -0.331 e. The van der Waals surface area contributed by atoms with E-state index < -0.39 is 0 Å². The van der Waals surface area contributed by atoms with E-state index in [1.54, 1.807) is 0 Å². The lowest BCUT2D eigenvalue weighted by molar-refractivity contribution is -0.461. The summed E-state index contributed by atoms with van der Waals surface area (Å²) >= 11 is 0. The standard InChI is InChI=1S/C67H60N10/c1-72-58-21-9-3-17-52(58)37-64(72)68-70-66-39-54-19-7-13-25-62(54)76(66)44-48-31-27-46(28-32-48)42-74-56(35-50-15-5-11-23-60(50)74)41-57-36-51-16-6-12-24-61(51)75(57)43-47-29-33-49(34-30-47)45-77-63-26-14-8-20-55(63)40-67(77)71-69-65-38-53-18-4-10-22-59(53)73(65)2/h3-34H,35-45H2,1-2H3/q+2/b68-64-,69-65-,70-66-,71-67+. The molecule has 14 rings (SSSR count). The molecule has 0 amide bonds. The summed E-state index contributed by atoms with van der Waals surface area (Å²) in [6.45, 7) is 3.08. The minimum absolute atomic E-state index is 0.728. The number of fused-ring (bicyclic) bond motifs is 6. The van der Waals surface area contributed by atoms with Crippen LogP contribution in [0.1, 0.15) is 62.1 Å². The van der Waals surface area contributed by atoms with Gasteiger partial charge >= 0.3 is 0 Å². The number of nitrogens with zero attached hydrogens (tertiary/aromatic N) is 10. The summed E-state index contributed by atoms with van der Waals surface area (Å²) in [7, 11) is 4.18. The molecule has 6 aliphatic rings. The van der Waals surface area contributed by atoms with E-state index >= 15 is 0 Å². The topological polar surface area (TPSA) is 68.4 Å². The van der Waals surface area contributed by atoms with E-state index in [0.717, 1.165) is 94.5 Å². The number of benzene rings is 8. The molecule has 0 fully saturated rings. The molecule has 8 aromatic rings. The van der Waals surface area contributed by atoms with Crippen LogP contribution in [0.15, 0.2) is 215 Å². The Balaban J connectivity index is 0.701. The summed E-state index contributed by atoms with van der Waals surface area (Å²) < 4.78 is 5.19. The van der Waals surface area contributed by atoms with Crippen LogP contribution in [-0.4, -0.2) is 58.0 Å². The lowest BCUT2D eigenvalue weighted by Gasteiger charge is -2.20. The van der Waals surface area contributed by atoms with Crippen molar-refractivity contribution in [2.24, 2.45) is 20.4 Å². The molecule has 0 radical (unpaired) electrons. The molecule has 10 nitrogen and oxygen atoms in total. The van der Waals surface area contributed by atoms with Gasteiger partial charge in [-0.3, -0.25) is 0 Å². The van der Waals surface area contributed by atoms with Crippen molar-refractivity contribution in [3.63, 3.8) is 0 Å². The first kappa shape index (κ1) is 46.5. The van der Waals surface area contributed by atoms with Gasteiger partial charge in [-0.15, -0.1) is 20.4 Å². The normalized spacial score (nSPS) is 18.1. The van der Waals surface area contributed by atoms with Gasteiger partial charge in [0.25, 0.3) is 0 Å². The molecule has 77 heavy (non-hydrogen) atoms. The van der Waals surface area contributed by atoms with Crippen LogP contribution < -0.4 is 19.6 Å². The summed E-state index contributed by atoms with van der Waals surface area (Å²) in [4.78, 5) is 9.03. The molecule has 0 atom stereocenters. The van der Waals surface area contributed by atoms with Gasteiger partial charge < -0.3 is 19.6 Å². The van der Waals surface area contributed by atoms with E-state index in [9.17, 15) is 0 Å². The Morgan fingerprint density at radius 3 is 1.04 bits per heavy atom. The van der Waals surface area contributed by atoms with Crippen LogP contribution in [0.3, 0.4) is 0 Å². The van der Waals surface area contributed by atoms with Crippen molar-refractivity contribution in [1.82, 2.24) is 0 Å². The molecule has 376 valence electrons. The highest BCUT2D eigenvalue weighted by Crippen LogP contribution is 2.37. The van der Waals surface area contributed by atoms with Crippen molar-refractivity contribution in [3.8, 4) is 0 Å². The third kappa shape index (κ3) is 8.83. The van der Waals surface area contributed by atoms with Gasteiger partial charge in [-0.1, -0.05) is 158 Å². The zero-order valence-electron chi connectivity index (χ0n) is 43.7. The molecule has 8 aromatic carbocycles. The highest BCUT2D eigenvalue weighted by atomic mass is 15.4. The molecule has 0 bridgehead atoms. The molecular formula is C67H60N10+2. The maximum atomic E-state index is 4.95. The number of anilines is 4. The van der Waals surface area contributed by atoms with Crippen molar-refractivity contribution in [2.45, 2.75) is 71.1 Å². The highest BCUT2D eigenvalue weighted by molar-refractivity contribution is 6.09. The number of rotatable bonds is 12. The van der Waals surface area contributed by atoms with Crippen LogP contribution in [0.25, 0.3) is 0 Å². The molecule has 0 aliphatic carbocycles. The van der Waals surface area contributed by atoms with Crippen LogP contribution in [0.5, 0.6) is 0 Å². The zero-order valence-corrected chi connectivity index (χ0v) is 43.7. The smallest absolute Gasteiger partial charge is 0.209 e. The zero-order chi connectivity index (χ0) is 51.4. The number of hydrogen-bond donors (Lipinski definition) is 0. The molecule has 0 saturated heterocycles. The number of likely N-dealkylation sites (N-methyl/N-ethyl adjacent to an activating group) is 2. The van der Waals surface area contributed by atoms with Gasteiger partial charge in [0, 0.05) is 110 Å². The minimum atomic E-state index is 0.728. The number of para-hydroxylation sites is 6. The molecule has 0 aromatic heterocycles. The number of amidine groups is 4. The van der Waals surface area contributed by atoms with E-state index in [1.165, 1.54) is 101 Å². The molecule has 6 aliphatic heterocycles. The Morgan fingerprint density at radius 1 is 0.325 bits per heavy atom. The average Bonchev–Trinajstić information content (AvgIpc) is 4.33. The van der Waals surface area contributed by atoms with E-state index in [0.29, 0.717) is 0 Å². The van der Waals surface area contributed by atoms with E-state index in [-0.39, 0.29) is 0 Å². The molecule has 0 saturated carbocycles. The Labute approximate surface area is 451 Å². The van der Waals surface area contributed by atoms with E-state index in [2.05, 4.69) is 237 Å². The molecular weight excluding hydrogens is 945 g/mol. The fraction of sp³-hybridized carbons (Fsp3) is 0.194. The SMILES string of the molecule is CN1/C(=N\N=C2\Cc3ccccc3N2Cc2ccc(C[N+]3=C(CC4=[N+](Cc5ccc(CN6/C(=N/N=C7/Cc8ccccc8N7C)Cc7ccccc76)cc5)c5ccccc5C4)Cc4ccccc43)cc2)Cc2ccccc21. The quantitative estimate of drug-likeness (QED) is 0.0903. The van der Waals surface area contributed by atoms with Crippen molar-refractivity contribution < 1.29 is 9.15 Å². The van der Waals surface area contributed by atoms with Crippen molar-refractivity contribution in [1.29, 1.82) is 0 Å². The maximum Gasteiger partial charge on any atom is 0.209 e. The second kappa shape index (κ2) is 19.6. The second-order valence-corrected chi connectivity index (χ2v) is 21.3. The Morgan fingerprint density at radius 2 is 0.636 bits per heavy atom. The predicted octanol–water partition coefficient (Wildman–Crippen LogP) is 12.4. The first-order valence-corrected chi connectivity index (χ1v) is 27.1. The summed E-state index contributed by atoms with van der Waals surface area (Å²) in [5, 5.41) is 19.6. The van der Waals surface area contributed by atoms with Gasteiger partial charge in [0.1, 0.15) is 29.8 Å². The molecule has 0 N–H and O–H groups in total. The van der Waals surface area contributed by atoms with Gasteiger partial charge in [-0.05, 0) is 57.6 Å². The molecule has 10 heteroatoms. The Kier molecular flexibility index (Phi) is 11.8. The van der Waals surface area contributed by atoms with Crippen LogP contribution >= 0.6 is 0 Å². The summed E-state index contributed by atoms with van der Waals surface area (Å²) in [6, 6.07) is 70.9. The maximum absolute atomic E-state index is 4.95. The van der Waals surface area contributed by atoms with Gasteiger partial charge in [0.2, 0.25) is 11.4 Å². The van der Waals surface area contributed by atoms with Crippen molar-refractivity contribution >= 4 is 68.9 Å². The van der Waals surface area contributed by atoms with Crippen LogP contribution in [0, 0.1) is 0 Å². The predicted molar refractivity (Wildman–Crippen MR) is 315 cm³/mol. The Hall–Kier alpha value is -9.02. The van der Waals surface area contributed by atoms with Crippen LogP contribution in [-0.2, 0) is 64.7 Å². The highest BCUT2D eigenvalue weighted by Gasteiger charge is 2.37. The molecule has 0 spiro atoms. The third-order valence-electron chi connectivity index (χ3n) is 16.6. The van der Waals surface area contributed by atoms with E-state index in [4.69, 9.17) is 20.4 Å². The van der Waals surface area contributed by atoms with Gasteiger partial charge in [0.15, 0.2) is 24.5 Å². The van der Waals surface area contributed by atoms with Crippen LogP contribution in [0.2, 0.25) is 0 Å². The van der Waals surface area contributed by atoms with E-state index in [1.807, 2.05) is 0 Å². The summed E-state index contributed by atoms with van der Waals surface area (Å²) in [5.74, 6) is 3.90. The first-order chi connectivity index (χ1) is 37.9. The summed E-state index contributed by atoms with van der Waals surface area (Å²) in [6.07, 6.45) is 5.91. The monoisotopic (exact) mass is 1000 g/mol. The lowest BCUT2D eigenvalue weighted by atomic mass is 10.0. The van der Waals surface area contributed by atoms with Crippen molar-refractivity contribution in [2.75, 3.05) is 33.7 Å². The van der Waals surface area contributed by atoms with Gasteiger partial charge in [-0.25, -0.2) is 0 Å².